The van der Waals surface area contributed by atoms with Gasteiger partial charge in [-0.05, 0) is 93.2 Å². The summed E-state index contributed by atoms with van der Waals surface area (Å²) in [5.41, 5.74) is 9.20. The van der Waals surface area contributed by atoms with Crippen molar-refractivity contribution in [2.24, 2.45) is 0 Å². The van der Waals surface area contributed by atoms with Gasteiger partial charge in [0.05, 0.1) is 16.7 Å². The average molecular weight is 571 g/mol. The number of benzene rings is 4. The summed E-state index contributed by atoms with van der Waals surface area (Å²) in [6.07, 6.45) is 6.68. The van der Waals surface area contributed by atoms with Crippen molar-refractivity contribution in [3.63, 3.8) is 0 Å². The van der Waals surface area contributed by atoms with Gasteiger partial charge in [-0.3, -0.25) is 10.3 Å². The summed E-state index contributed by atoms with van der Waals surface area (Å²) >= 11 is 0. The Morgan fingerprint density at radius 2 is 1.53 bits per heavy atom. The summed E-state index contributed by atoms with van der Waals surface area (Å²) < 4.78 is 16.2. The SMILES string of the molecule is C#CC.Cc1ccccc1C(=N)c1ccc(CN2CCC(c3nc4ccccc4n3Cc3cccc(F)c3)CC2)cc1C. The summed E-state index contributed by atoms with van der Waals surface area (Å²) in [7, 11) is 0. The van der Waals surface area contributed by atoms with Gasteiger partial charge in [0.25, 0.3) is 0 Å². The molecule has 4 aromatic carbocycles. The van der Waals surface area contributed by atoms with Crippen LogP contribution in [0.15, 0.2) is 91.0 Å². The van der Waals surface area contributed by atoms with Crippen molar-refractivity contribution >= 4 is 16.7 Å². The molecule has 43 heavy (non-hydrogen) atoms. The predicted molar refractivity (Wildman–Crippen MR) is 175 cm³/mol. The van der Waals surface area contributed by atoms with E-state index in [1.165, 1.54) is 11.6 Å². The Kier molecular flexibility index (Phi) is 9.49. The van der Waals surface area contributed by atoms with E-state index in [-0.39, 0.29) is 5.82 Å². The van der Waals surface area contributed by atoms with E-state index in [0.29, 0.717) is 18.2 Å². The minimum Gasteiger partial charge on any atom is -0.323 e. The lowest BCUT2D eigenvalue weighted by Gasteiger charge is -2.32. The maximum atomic E-state index is 13.9. The van der Waals surface area contributed by atoms with E-state index >= 15 is 0 Å². The molecule has 0 spiro atoms. The van der Waals surface area contributed by atoms with Crippen molar-refractivity contribution < 1.29 is 4.39 Å². The smallest absolute Gasteiger partial charge is 0.123 e. The number of rotatable bonds is 7. The van der Waals surface area contributed by atoms with E-state index in [4.69, 9.17) is 10.4 Å². The lowest BCUT2D eigenvalue weighted by Crippen LogP contribution is -2.33. The molecule has 0 radical (unpaired) electrons. The Morgan fingerprint density at radius 1 is 0.860 bits per heavy atom. The number of piperidine rings is 1. The molecule has 4 nitrogen and oxygen atoms in total. The molecule has 0 aliphatic carbocycles. The monoisotopic (exact) mass is 570 g/mol. The first-order chi connectivity index (χ1) is 20.9. The summed E-state index contributed by atoms with van der Waals surface area (Å²) in [6, 6.07) is 29.8. The minimum absolute atomic E-state index is 0.202. The second-order valence-electron chi connectivity index (χ2n) is 11.4. The molecule has 5 heteroatoms. The molecule has 1 aliphatic heterocycles. The van der Waals surface area contributed by atoms with E-state index in [2.05, 4.69) is 72.1 Å². The van der Waals surface area contributed by atoms with Gasteiger partial charge in [-0.15, -0.1) is 12.3 Å². The standard InChI is InChI=1S/C35H35FN4.C3H4/c1-24-8-3-4-11-30(24)34(37)31-15-14-27(20-25(31)2)22-39-18-16-28(17-19-39)35-38-32-12-5-6-13-33(32)40(35)23-26-9-7-10-29(36)21-26;1-3-2/h3-15,20-21,28,37H,16-19,22-23H2,1-2H3;1H,2H3. The molecule has 0 atom stereocenters. The largest absolute Gasteiger partial charge is 0.323 e. The predicted octanol–water partition coefficient (Wildman–Crippen LogP) is 8.28. The number of para-hydroxylation sites is 2. The summed E-state index contributed by atoms with van der Waals surface area (Å²) in [5.74, 6) is 3.53. The van der Waals surface area contributed by atoms with Crippen LogP contribution in [-0.2, 0) is 13.1 Å². The average Bonchev–Trinajstić information content (AvgIpc) is 3.36. The normalized spacial score (nSPS) is 13.7. The highest BCUT2D eigenvalue weighted by atomic mass is 19.1. The van der Waals surface area contributed by atoms with E-state index in [0.717, 1.165) is 77.2 Å². The van der Waals surface area contributed by atoms with Crippen molar-refractivity contribution in [2.75, 3.05) is 13.1 Å². The highest BCUT2D eigenvalue weighted by molar-refractivity contribution is 6.12. The molecule has 0 bridgehead atoms. The van der Waals surface area contributed by atoms with Crippen LogP contribution in [0.4, 0.5) is 4.39 Å². The molecule has 1 aliphatic rings. The van der Waals surface area contributed by atoms with Gasteiger partial charge in [0.2, 0.25) is 0 Å². The van der Waals surface area contributed by atoms with Gasteiger partial charge < -0.3 is 4.57 Å². The Bertz CT molecular complexity index is 1770. The van der Waals surface area contributed by atoms with E-state index in [1.807, 2.05) is 36.4 Å². The van der Waals surface area contributed by atoms with Gasteiger partial charge in [0.15, 0.2) is 0 Å². The molecule has 6 rings (SSSR count). The van der Waals surface area contributed by atoms with Crippen LogP contribution >= 0.6 is 0 Å². The number of imidazole rings is 1. The highest BCUT2D eigenvalue weighted by Crippen LogP contribution is 2.32. The Balaban J connectivity index is 0.00000118. The quantitative estimate of drug-likeness (QED) is 0.158. The number of nitrogens with one attached hydrogen (secondary N) is 1. The van der Waals surface area contributed by atoms with E-state index in [1.54, 1.807) is 19.1 Å². The van der Waals surface area contributed by atoms with Crippen LogP contribution in [0.2, 0.25) is 0 Å². The first-order valence-electron chi connectivity index (χ1n) is 14.9. The van der Waals surface area contributed by atoms with Gasteiger partial charge in [-0.25, -0.2) is 9.37 Å². The Morgan fingerprint density at radius 3 is 2.26 bits per heavy atom. The molecule has 1 aromatic heterocycles. The molecule has 0 amide bonds. The third-order valence-corrected chi connectivity index (χ3v) is 8.25. The van der Waals surface area contributed by atoms with Crippen LogP contribution in [0.5, 0.6) is 0 Å². The molecule has 0 saturated carbocycles. The zero-order valence-electron chi connectivity index (χ0n) is 25.3. The zero-order valence-corrected chi connectivity index (χ0v) is 25.3. The third kappa shape index (κ3) is 6.93. The summed E-state index contributed by atoms with van der Waals surface area (Å²) in [4.78, 5) is 7.59. The topological polar surface area (TPSA) is 44.9 Å². The van der Waals surface area contributed by atoms with E-state index in [9.17, 15) is 4.39 Å². The highest BCUT2D eigenvalue weighted by Gasteiger charge is 2.26. The number of terminal acetylenes is 1. The van der Waals surface area contributed by atoms with Crippen LogP contribution in [0.3, 0.4) is 0 Å². The minimum atomic E-state index is -0.202. The maximum absolute atomic E-state index is 13.9. The molecule has 1 N–H and O–H groups in total. The van der Waals surface area contributed by atoms with E-state index < -0.39 is 0 Å². The van der Waals surface area contributed by atoms with Crippen molar-refractivity contribution in [2.45, 2.75) is 52.6 Å². The first-order valence-corrected chi connectivity index (χ1v) is 14.9. The number of halogens is 1. The Labute approximate surface area is 254 Å². The zero-order chi connectivity index (χ0) is 30.3. The molecule has 2 heterocycles. The molecule has 218 valence electrons. The van der Waals surface area contributed by atoms with Gasteiger partial charge >= 0.3 is 0 Å². The van der Waals surface area contributed by atoms with Gasteiger partial charge in [-0.2, -0.15) is 0 Å². The fourth-order valence-electron chi connectivity index (χ4n) is 6.10. The third-order valence-electron chi connectivity index (χ3n) is 8.25. The lowest BCUT2D eigenvalue weighted by atomic mass is 9.93. The Hall–Kier alpha value is -4.53. The van der Waals surface area contributed by atoms with Crippen LogP contribution in [0, 0.1) is 37.4 Å². The molecule has 1 fully saturated rings. The van der Waals surface area contributed by atoms with Crippen molar-refractivity contribution in [1.29, 1.82) is 5.41 Å². The number of nitrogens with zero attached hydrogens (tertiary/aromatic N) is 3. The van der Waals surface area contributed by atoms with Gasteiger partial charge in [0, 0.05) is 30.1 Å². The van der Waals surface area contributed by atoms with Gasteiger partial charge in [0.1, 0.15) is 11.6 Å². The van der Waals surface area contributed by atoms with Crippen molar-refractivity contribution in [1.82, 2.24) is 14.5 Å². The summed E-state index contributed by atoms with van der Waals surface area (Å²) in [6.45, 7) is 9.37. The van der Waals surface area contributed by atoms with Crippen molar-refractivity contribution in [3.05, 3.63) is 136 Å². The lowest BCUT2D eigenvalue weighted by molar-refractivity contribution is 0.200. The molecule has 1 saturated heterocycles. The summed E-state index contributed by atoms with van der Waals surface area (Å²) in [5, 5.41) is 8.78. The van der Waals surface area contributed by atoms with Crippen LogP contribution in [-0.4, -0.2) is 33.3 Å². The molecule has 0 unspecified atom stereocenters. The second-order valence-corrected chi connectivity index (χ2v) is 11.4. The number of aryl methyl sites for hydroxylation is 2. The van der Waals surface area contributed by atoms with Crippen LogP contribution in [0.1, 0.15) is 64.9 Å². The molecular formula is C38H39FN4. The fourth-order valence-corrected chi connectivity index (χ4v) is 6.10. The second kappa shape index (κ2) is 13.6. The maximum Gasteiger partial charge on any atom is 0.123 e. The number of aromatic nitrogens is 2. The number of hydrogen-bond acceptors (Lipinski definition) is 3. The number of fused-ring (bicyclic) bond motifs is 1. The molecular weight excluding hydrogens is 531 g/mol. The van der Waals surface area contributed by atoms with Gasteiger partial charge in [-0.1, -0.05) is 66.7 Å². The number of likely N-dealkylation sites (tertiary alicyclic amines) is 1. The van der Waals surface area contributed by atoms with Crippen LogP contribution < -0.4 is 0 Å². The number of hydrogen-bond donors (Lipinski definition) is 1. The van der Waals surface area contributed by atoms with Crippen molar-refractivity contribution in [3.8, 4) is 12.3 Å². The van der Waals surface area contributed by atoms with Crippen LogP contribution in [0.25, 0.3) is 11.0 Å². The fraction of sp³-hybridized carbons (Fsp3) is 0.263. The molecule has 5 aromatic rings. The first kappa shape index (κ1) is 29.9.